The number of hydrogen-bond acceptors (Lipinski definition) is 6. The van der Waals surface area contributed by atoms with Crippen LogP contribution in [0.1, 0.15) is 22.9 Å². The number of rotatable bonds is 11. The summed E-state index contributed by atoms with van der Waals surface area (Å²) in [6.07, 6.45) is -15.8. The molecule has 1 amide bonds. The first kappa shape index (κ1) is 41.5. The number of halogens is 17. The third-order valence-electron chi connectivity index (χ3n) is 8.68. The Morgan fingerprint density at radius 2 is 1.29 bits per heavy atom. The highest BCUT2D eigenvalue weighted by Gasteiger charge is 2.95. The van der Waals surface area contributed by atoms with E-state index in [1.807, 2.05) is 0 Å². The summed E-state index contributed by atoms with van der Waals surface area (Å²) in [7, 11) is 0.780. The molecule has 2 atom stereocenters. The average molecular weight is 826 g/mol. The number of nitrogens with zero attached hydrogens (tertiary/aromatic N) is 1. The van der Waals surface area contributed by atoms with Crippen molar-refractivity contribution in [3.8, 4) is 11.5 Å². The Kier molecular flexibility index (Phi) is 9.74. The van der Waals surface area contributed by atoms with E-state index >= 15 is 0 Å². The molecule has 0 saturated carbocycles. The lowest BCUT2D eigenvalue weighted by Gasteiger charge is -2.43. The summed E-state index contributed by atoms with van der Waals surface area (Å²) in [5.41, 5.74) is 0.583. The van der Waals surface area contributed by atoms with Gasteiger partial charge in [0.1, 0.15) is 12.6 Å². The van der Waals surface area contributed by atoms with Crippen molar-refractivity contribution >= 4 is 22.8 Å². The minimum atomic E-state index is -8.84. The zero-order valence-electron chi connectivity index (χ0n) is 26.6. The summed E-state index contributed by atoms with van der Waals surface area (Å²) >= 11 is 0. The second-order valence-corrected chi connectivity index (χ2v) is 11.9. The van der Waals surface area contributed by atoms with Gasteiger partial charge in [0, 0.05) is 23.0 Å². The lowest BCUT2D eigenvalue weighted by Crippen LogP contribution is -2.74. The van der Waals surface area contributed by atoms with E-state index in [0.717, 1.165) is 7.11 Å². The molecule has 25 heteroatoms. The second-order valence-electron chi connectivity index (χ2n) is 11.9. The Morgan fingerprint density at radius 1 is 0.745 bits per heavy atom. The molecule has 1 aromatic heterocycles. The fraction of sp³-hybridized carbons (Fsp3) is 0.467. The average Bonchev–Trinajstić information content (AvgIpc) is 3.72. The van der Waals surface area contributed by atoms with E-state index in [0.29, 0.717) is 15.8 Å². The number of amides is 1. The van der Waals surface area contributed by atoms with Gasteiger partial charge in [0.2, 0.25) is 12.7 Å². The van der Waals surface area contributed by atoms with Gasteiger partial charge in [-0.25, -0.2) is 4.79 Å². The number of carbonyl (C=O) groups excluding carboxylic acids is 2. The predicted molar refractivity (Wildman–Crippen MR) is 146 cm³/mol. The quantitative estimate of drug-likeness (QED) is 0.156. The molecule has 304 valence electrons. The van der Waals surface area contributed by atoms with Crippen LogP contribution in [-0.2, 0) is 25.5 Å². The van der Waals surface area contributed by atoms with Gasteiger partial charge in [-0.2, -0.15) is 74.6 Å². The highest BCUT2D eigenvalue weighted by molar-refractivity contribution is 5.91. The second kappa shape index (κ2) is 12.9. The first-order chi connectivity index (χ1) is 25.0. The molecule has 0 saturated heterocycles. The van der Waals surface area contributed by atoms with Crippen LogP contribution in [-0.4, -0.2) is 96.1 Å². The van der Waals surface area contributed by atoms with Crippen molar-refractivity contribution in [2.75, 3.05) is 20.5 Å². The molecule has 3 heterocycles. The Morgan fingerprint density at radius 3 is 1.87 bits per heavy atom. The topological polar surface area (TPSA) is 90.1 Å². The maximum Gasteiger partial charge on any atom is 0.460 e. The number of H-pyrrole nitrogens is 1. The van der Waals surface area contributed by atoms with Crippen LogP contribution in [0.2, 0.25) is 0 Å². The third kappa shape index (κ3) is 5.93. The van der Waals surface area contributed by atoms with E-state index < -0.39 is 84.8 Å². The van der Waals surface area contributed by atoms with Crippen LogP contribution in [0.15, 0.2) is 42.5 Å². The molecule has 0 radical (unpaired) electrons. The van der Waals surface area contributed by atoms with E-state index in [9.17, 15) is 84.2 Å². The van der Waals surface area contributed by atoms with E-state index in [-0.39, 0.29) is 35.1 Å². The largest absolute Gasteiger partial charge is 0.467 e. The first-order valence-electron chi connectivity index (χ1n) is 14.7. The summed E-state index contributed by atoms with van der Waals surface area (Å²) in [5.74, 6) is -54.7. The van der Waals surface area contributed by atoms with E-state index in [2.05, 4.69) is 14.5 Å². The molecule has 0 unspecified atom stereocenters. The van der Waals surface area contributed by atoms with Gasteiger partial charge in [0.25, 0.3) is 0 Å². The van der Waals surface area contributed by atoms with Crippen LogP contribution >= 0.6 is 0 Å². The van der Waals surface area contributed by atoms with Gasteiger partial charge in [0.05, 0.1) is 13.2 Å². The number of esters is 1. The van der Waals surface area contributed by atoms with Crippen LogP contribution in [0.4, 0.5) is 74.6 Å². The molecule has 3 aromatic rings. The number of aromatic nitrogens is 1. The molecule has 0 spiro atoms. The summed E-state index contributed by atoms with van der Waals surface area (Å²) in [5, 5.41) is 0.421. The maximum absolute atomic E-state index is 14.7. The maximum atomic E-state index is 14.7. The van der Waals surface area contributed by atoms with Crippen LogP contribution in [0.25, 0.3) is 10.9 Å². The molecule has 0 fully saturated rings. The highest BCUT2D eigenvalue weighted by atomic mass is 19.4. The Labute approximate surface area is 294 Å². The van der Waals surface area contributed by atoms with Gasteiger partial charge in [-0.15, -0.1) is 0 Å². The zero-order valence-corrected chi connectivity index (χ0v) is 26.6. The Bertz CT molecular complexity index is 1980. The number of ether oxygens (including phenoxy) is 4. The first-order valence-corrected chi connectivity index (χ1v) is 14.7. The van der Waals surface area contributed by atoms with Crippen molar-refractivity contribution in [1.82, 2.24) is 9.88 Å². The minimum absolute atomic E-state index is 0.00344. The number of carbonyl (C=O) groups is 2. The summed E-state index contributed by atoms with van der Waals surface area (Å²) in [6, 6.07) is 6.24. The molecule has 2 aliphatic rings. The van der Waals surface area contributed by atoms with Crippen LogP contribution in [0.3, 0.4) is 0 Å². The number of hydrogen-bond donors (Lipinski definition) is 1. The lowest BCUT2D eigenvalue weighted by atomic mass is 9.87. The van der Waals surface area contributed by atoms with Crippen molar-refractivity contribution in [1.29, 1.82) is 0 Å². The van der Waals surface area contributed by atoms with Gasteiger partial charge in [-0.05, 0) is 29.3 Å². The van der Waals surface area contributed by atoms with E-state index in [1.165, 1.54) is 30.3 Å². The molecule has 2 aliphatic heterocycles. The molecule has 1 N–H and O–H groups in total. The number of benzene rings is 2. The van der Waals surface area contributed by atoms with Crippen molar-refractivity contribution in [3.63, 3.8) is 0 Å². The number of nitrogens with one attached hydrogen (secondary N) is 1. The molecule has 2 aromatic carbocycles. The monoisotopic (exact) mass is 826 g/mol. The number of aromatic amines is 1. The zero-order chi connectivity index (χ0) is 41.5. The molecule has 55 heavy (non-hydrogen) atoms. The summed E-state index contributed by atoms with van der Waals surface area (Å²) in [6.45, 7) is -2.95. The molecule has 0 bridgehead atoms. The summed E-state index contributed by atoms with van der Waals surface area (Å²) in [4.78, 5) is 29.8. The van der Waals surface area contributed by atoms with Crippen molar-refractivity contribution in [2.24, 2.45) is 0 Å². The van der Waals surface area contributed by atoms with Crippen molar-refractivity contribution in [2.45, 2.75) is 66.3 Å². The highest BCUT2D eigenvalue weighted by Crippen LogP contribution is 2.64. The van der Waals surface area contributed by atoms with Crippen molar-refractivity contribution in [3.05, 3.63) is 59.3 Å². The Balaban J connectivity index is 1.53. The molecular formula is C30H19F17N2O6. The normalized spacial score (nSPS) is 18.8. The van der Waals surface area contributed by atoms with Gasteiger partial charge in [0.15, 0.2) is 11.5 Å². The van der Waals surface area contributed by atoms with Gasteiger partial charge in [-0.3, -0.25) is 4.79 Å². The fourth-order valence-corrected chi connectivity index (χ4v) is 5.81. The molecule has 8 nitrogen and oxygen atoms in total. The molecule has 0 aliphatic carbocycles. The Hall–Kier alpha value is -4.71. The SMILES string of the molecule is COC(=O)[C@H]1Cc2c([nH]c3ccccc23)[C@@H](c2ccc3c(c2)OCO3)N1C(=O)COC(F)(F)C(F)(F)C(F)(F)C(F)(F)C(F)(F)C(F)(F)C(F)(F)C(F)(F)F. The lowest BCUT2D eigenvalue weighted by molar-refractivity contribution is -0.477. The number of alkyl halides is 17. The smallest absolute Gasteiger partial charge is 0.460 e. The molecular weight excluding hydrogens is 807 g/mol. The third-order valence-corrected chi connectivity index (χ3v) is 8.68. The number of fused-ring (bicyclic) bond motifs is 4. The van der Waals surface area contributed by atoms with Gasteiger partial charge in [-0.1, -0.05) is 24.3 Å². The number of para-hydroxylation sites is 1. The van der Waals surface area contributed by atoms with Crippen LogP contribution < -0.4 is 9.47 Å². The van der Waals surface area contributed by atoms with Gasteiger partial charge >= 0.3 is 53.8 Å². The fourth-order valence-electron chi connectivity index (χ4n) is 5.81. The molecule has 5 rings (SSSR count). The number of methoxy groups -OCH3 is 1. The minimum Gasteiger partial charge on any atom is -0.467 e. The van der Waals surface area contributed by atoms with Crippen LogP contribution in [0, 0.1) is 0 Å². The van der Waals surface area contributed by atoms with Crippen molar-refractivity contribution < 1.29 is 103 Å². The van der Waals surface area contributed by atoms with E-state index in [4.69, 9.17) is 9.47 Å². The standard InChI is InChI=1S/C30H19F17N2O6/c1-52-22(51)16-9-14-13-4-2-3-5-15(13)48-20(14)21(12-6-7-17-18(8-12)54-11-53-17)49(16)19(50)10-55-30(46,47)28(41,42)26(37,38)24(33,34)23(31,32)25(35,36)27(39,40)29(43,44)45/h2-8,16,21,48H,9-11H2,1H3/t16-,21-/m1/s1. The van der Waals surface area contributed by atoms with Gasteiger partial charge < -0.3 is 28.8 Å². The van der Waals surface area contributed by atoms with Crippen LogP contribution in [0.5, 0.6) is 11.5 Å². The van der Waals surface area contributed by atoms with E-state index in [1.54, 1.807) is 12.1 Å². The predicted octanol–water partition coefficient (Wildman–Crippen LogP) is 7.90. The summed E-state index contributed by atoms with van der Waals surface area (Å²) < 4.78 is 252.